The Hall–Kier alpha value is -3.92. The predicted molar refractivity (Wildman–Crippen MR) is 151 cm³/mol. The van der Waals surface area contributed by atoms with Gasteiger partial charge >= 0.3 is 0 Å². The molecule has 0 saturated carbocycles. The number of halogens is 3. The zero-order chi connectivity index (χ0) is 28.2. The Bertz CT molecular complexity index is 1470. The van der Waals surface area contributed by atoms with Crippen molar-refractivity contribution in [3.8, 4) is 11.5 Å². The van der Waals surface area contributed by atoms with E-state index in [1.54, 1.807) is 43.5 Å². The summed E-state index contributed by atoms with van der Waals surface area (Å²) < 4.78 is 30.1. The lowest BCUT2D eigenvalue weighted by molar-refractivity contribution is -0.114. The Morgan fingerprint density at radius 3 is 2.33 bits per heavy atom. The number of carbonyl (C=O) groups excluding carboxylic acids is 1. The van der Waals surface area contributed by atoms with Crippen LogP contribution in [0.25, 0.3) is 5.57 Å². The van der Waals surface area contributed by atoms with E-state index >= 15 is 0 Å². The van der Waals surface area contributed by atoms with E-state index < -0.39 is 17.3 Å². The van der Waals surface area contributed by atoms with E-state index in [0.29, 0.717) is 56.4 Å². The summed E-state index contributed by atoms with van der Waals surface area (Å²) in [5, 5.41) is 6.30. The van der Waals surface area contributed by atoms with Crippen molar-refractivity contribution < 1.29 is 23.4 Å². The van der Waals surface area contributed by atoms with E-state index in [1.165, 1.54) is 20.5 Å². The van der Waals surface area contributed by atoms with Crippen LogP contribution >= 0.6 is 23.2 Å². The van der Waals surface area contributed by atoms with Gasteiger partial charge in [-0.15, -0.1) is 0 Å². The summed E-state index contributed by atoms with van der Waals surface area (Å²) in [4.78, 5) is 20.6. The molecule has 3 aromatic rings. The third-order valence-electron chi connectivity index (χ3n) is 6.16. The highest BCUT2D eigenvalue weighted by molar-refractivity contribution is 6.39. The molecule has 2 aromatic carbocycles. The zero-order valence-corrected chi connectivity index (χ0v) is 22.9. The van der Waals surface area contributed by atoms with E-state index in [1.807, 2.05) is 18.2 Å². The summed E-state index contributed by atoms with van der Waals surface area (Å²) in [6.45, 7) is 3.03. The summed E-state index contributed by atoms with van der Waals surface area (Å²) in [7, 11) is 4.60. The number of anilines is 3. The molecule has 4 rings (SSSR count). The van der Waals surface area contributed by atoms with Crippen molar-refractivity contribution in [2.45, 2.75) is 12.0 Å². The van der Waals surface area contributed by atoms with Gasteiger partial charge in [-0.3, -0.25) is 4.79 Å². The van der Waals surface area contributed by atoms with Crippen LogP contribution in [0.1, 0.15) is 17.7 Å². The van der Waals surface area contributed by atoms with Crippen LogP contribution < -0.4 is 20.1 Å². The number of ether oxygens (including phenoxy) is 3. The summed E-state index contributed by atoms with van der Waals surface area (Å²) in [5.74, 6) is -0.785. The van der Waals surface area contributed by atoms with Crippen molar-refractivity contribution in [1.82, 2.24) is 9.97 Å². The van der Waals surface area contributed by atoms with Gasteiger partial charge in [0.15, 0.2) is 5.83 Å². The topological polar surface area (TPSA) is 94.6 Å². The molecule has 8 nitrogen and oxygen atoms in total. The van der Waals surface area contributed by atoms with Crippen LogP contribution in [0.5, 0.6) is 11.5 Å². The number of hydrogen-bond donors (Lipinski definition) is 2. The molecule has 1 unspecified atom stereocenters. The van der Waals surface area contributed by atoms with Crippen LogP contribution in [0, 0.1) is 0 Å². The van der Waals surface area contributed by atoms with Gasteiger partial charge in [0.25, 0.3) is 5.91 Å². The van der Waals surface area contributed by atoms with Gasteiger partial charge in [0.1, 0.15) is 29.2 Å². The molecule has 1 aliphatic carbocycles. The van der Waals surface area contributed by atoms with Crippen LogP contribution in [-0.4, -0.2) is 37.2 Å². The number of carbonyl (C=O) groups is 1. The lowest BCUT2D eigenvalue weighted by Gasteiger charge is -2.33. The van der Waals surface area contributed by atoms with Crippen LogP contribution in [0.4, 0.5) is 21.6 Å². The van der Waals surface area contributed by atoms with Crippen molar-refractivity contribution in [2.75, 3.05) is 32.0 Å². The highest BCUT2D eigenvalue weighted by atomic mass is 35.5. The van der Waals surface area contributed by atoms with Gasteiger partial charge in [-0.05, 0) is 23.8 Å². The van der Waals surface area contributed by atoms with Gasteiger partial charge in [-0.1, -0.05) is 54.1 Å². The maximum absolute atomic E-state index is 13.3. The Morgan fingerprint density at radius 2 is 1.72 bits per heavy atom. The fraction of sp³-hybridized carbons (Fsp3) is 0.179. The number of hydrogen-bond acceptors (Lipinski definition) is 7. The van der Waals surface area contributed by atoms with Crippen LogP contribution in [0.2, 0.25) is 10.0 Å². The normalized spacial score (nSPS) is 16.3. The molecule has 2 N–H and O–H groups in total. The number of allylic oxidation sites excluding steroid dienone is 2. The first kappa shape index (κ1) is 28.1. The third kappa shape index (κ3) is 5.75. The monoisotopic (exact) mass is 570 g/mol. The standard InChI is InChI=1S/C28H25Cl2FN4O4/c1-16(31)27(36)35-19-10-6-5-9-18(19)34-23-13-22(32-15-33-23)28(39-4)11-7-8-17(14-28)24-25(29)20(37-2)12-21(38-3)26(24)30/h5-13,15H,1,14H2,2-4H3,(H,35,36)(H,32,33,34). The number of aromatic nitrogens is 2. The molecule has 0 spiro atoms. The second-order valence-corrected chi connectivity index (χ2v) is 9.18. The second kappa shape index (κ2) is 11.9. The van der Waals surface area contributed by atoms with Crippen molar-refractivity contribution in [3.63, 3.8) is 0 Å². The van der Waals surface area contributed by atoms with E-state index in [0.717, 1.165) is 5.57 Å². The number of para-hydroxylation sites is 2. The number of benzene rings is 2. The van der Waals surface area contributed by atoms with Gasteiger partial charge < -0.3 is 24.8 Å². The van der Waals surface area contributed by atoms with Crippen molar-refractivity contribution in [1.29, 1.82) is 0 Å². The molecule has 0 fully saturated rings. The van der Waals surface area contributed by atoms with Crippen molar-refractivity contribution in [3.05, 3.63) is 94.7 Å². The van der Waals surface area contributed by atoms with Crippen molar-refractivity contribution >= 4 is 51.9 Å². The highest BCUT2D eigenvalue weighted by Gasteiger charge is 2.36. The Morgan fingerprint density at radius 1 is 1.05 bits per heavy atom. The minimum absolute atomic E-state index is 0.331. The molecule has 0 radical (unpaired) electrons. The maximum atomic E-state index is 13.3. The van der Waals surface area contributed by atoms with Gasteiger partial charge in [0.2, 0.25) is 0 Å². The van der Waals surface area contributed by atoms with Gasteiger partial charge in [-0.2, -0.15) is 0 Å². The Balaban J connectivity index is 1.68. The third-order valence-corrected chi connectivity index (χ3v) is 6.91. The Labute approximate surface area is 235 Å². The molecular weight excluding hydrogens is 546 g/mol. The van der Waals surface area contributed by atoms with Crippen LogP contribution in [0.3, 0.4) is 0 Å². The number of nitrogens with zero attached hydrogens (tertiary/aromatic N) is 2. The first-order chi connectivity index (χ1) is 18.7. The predicted octanol–water partition coefficient (Wildman–Crippen LogP) is 6.85. The first-order valence-corrected chi connectivity index (χ1v) is 12.4. The fourth-order valence-electron chi connectivity index (χ4n) is 4.17. The number of nitrogens with one attached hydrogen (secondary N) is 2. The molecule has 1 amide bonds. The zero-order valence-electron chi connectivity index (χ0n) is 21.3. The van der Waals surface area contributed by atoms with Gasteiger partial charge in [-0.25, -0.2) is 14.4 Å². The average Bonchev–Trinajstić information content (AvgIpc) is 2.94. The molecule has 1 atom stereocenters. The molecule has 39 heavy (non-hydrogen) atoms. The molecule has 1 aliphatic rings. The Kier molecular flexibility index (Phi) is 8.54. The van der Waals surface area contributed by atoms with Crippen LogP contribution in [-0.2, 0) is 15.1 Å². The molecule has 202 valence electrons. The van der Waals surface area contributed by atoms with Gasteiger partial charge in [0.05, 0.1) is 41.3 Å². The summed E-state index contributed by atoms with van der Waals surface area (Å²) in [6.07, 6.45) is 7.33. The quantitative estimate of drug-likeness (QED) is 0.271. The minimum Gasteiger partial charge on any atom is -0.495 e. The molecular formula is C28H25Cl2FN4O4. The van der Waals surface area contributed by atoms with E-state index in [9.17, 15) is 9.18 Å². The lowest BCUT2D eigenvalue weighted by Crippen LogP contribution is -2.29. The molecule has 0 saturated heterocycles. The first-order valence-electron chi connectivity index (χ1n) is 11.6. The molecule has 11 heteroatoms. The number of rotatable bonds is 9. The number of amides is 1. The smallest absolute Gasteiger partial charge is 0.283 e. The molecule has 1 aromatic heterocycles. The van der Waals surface area contributed by atoms with Gasteiger partial charge in [0, 0.05) is 31.2 Å². The second-order valence-electron chi connectivity index (χ2n) is 8.42. The average molecular weight is 571 g/mol. The molecule has 1 heterocycles. The summed E-state index contributed by atoms with van der Waals surface area (Å²) in [6, 6.07) is 10.2. The molecule has 0 bridgehead atoms. The summed E-state index contributed by atoms with van der Waals surface area (Å²) in [5.41, 5.74) is 1.73. The maximum Gasteiger partial charge on any atom is 0.283 e. The van der Waals surface area contributed by atoms with E-state index in [-0.39, 0.29) is 0 Å². The van der Waals surface area contributed by atoms with Crippen molar-refractivity contribution in [2.24, 2.45) is 0 Å². The van der Waals surface area contributed by atoms with E-state index in [2.05, 4.69) is 27.2 Å². The lowest BCUT2D eigenvalue weighted by atomic mass is 9.83. The van der Waals surface area contributed by atoms with E-state index in [4.69, 9.17) is 37.4 Å². The number of methoxy groups -OCH3 is 3. The summed E-state index contributed by atoms with van der Waals surface area (Å²) >= 11 is 13.4. The SMILES string of the molecule is C=C(F)C(=O)Nc1ccccc1Nc1cc(C2(OC)C=CC=C(c3c(Cl)c(OC)cc(OC)c3Cl)C2)ncn1. The minimum atomic E-state index is -1.10. The molecule has 0 aliphatic heterocycles. The highest BCUT2D eigenvalue weighted by Crippen LogP contribution is 2.48. The largest absolute Gasteiger partial charge is 0.495 e. The fourth-order valence-corrected chi connectivity index (χ4v) is 4.91. The van der Waals surface area contributed by atoms with Crippen LogP contribution in [0.15, 0.2) is 73.4 Å².